The lowest BCUT2D eigenvalue weighted by molar-refractivity contribution is 0.104. The van der Waals surface area contributed by atoms with Gasteiger partial charge < -0.3 is 9.47 Å². The van der Waals surface area contributed by atoms with Crippen molar-refractivity contribution in [3.05, 3.63) is 118 Å². The molecule has 2 heterocycles. The average molecular weight is 580 g/mol. The summed E-state index contributed by atoms with van der Waals surface area (Å²) in [6.07, 6.45) is 2.53. The van der Waals surface area contributed by atoms with Crippen LogP contribution in [0.4, 0.5) is 4.39 Å². The number of ether oxygens (including phenoxy) is 2. The number of hydrogen-bond acceptors (Lipinski definition) is 5. The predicted molar refractivity (Wildman–Crippen MR) is 169 cm³/mol. The molecule has 4 nitrogen and oxygen atoms in total. The molecule has 4 aromatic carbocycles. The minimum atomic E-state index is -0.335. The second kappa shape index (κ2) is 12.5. The zero-order chi connectivity index (χ0) is 29.1. The normalized spacial score (nSPS) is 13.5. The van der Waals surface area contributed by atoms with Crippen LogP contribution in [0.1, 0.15) is 44.8 Å². The molecule has 0 bridgehead atoms. The van der Waals surface area contributed by atoms with E-state index in [1.165, 1.54) is 36.3 Å². The monoisotopic (exact) mass is 579 g/mol. The highest BCUT2D eigenvalue weighted by Gasteiger charge is 2.24. The molecular formula is C36H34FNO3S. The van der Waals surface area contributed by atoms with Crippen molar-refractivity contribution in [2.75, 3.05) is 26.2 Å². The second-order valence-electron chi connectivity index (χ2n) is 10.9. The summed E-state index contributed by atoms with van der Waals surface area (Å²) < 4.78 is 27.2. The van der Waals surface area contributed by atoms with Gasteiger partial charge in [0.2, 0.25) is 5.78 Å². The van der Waals surface area contributed by atoms with E-state index in [-0.39, 0.29) is 11.6 Å². The first kappa shape index (κ1) is 28.1. The number of likely N-dealkylation sites (tertiary alicyclic amines) is 1. The van der Waals surface area contributed by atoms with E-state index >= 15 is 0 Å². The van der Waals surface area contributed by atoms with Crippen molar-refractivity contribution in [1.82, 2.24) is 4.90 Å². The second-order valence-corrected chi connectivity index (χ2v) is 12.0. The zero-order valence-corrected chi connectivity index (χ0v) is 24.8. The number of fused-ring (bicyclic) bond motifs is 1. The first-order valence-electron chi connectivity index (χ1n) is 14.5. The van der Waals surface area contributed by atoms with E-state index in [2.05, 4.69) is 4.90 Å². The number of hydrogen-bond donors (Lipinski definition) is 0. The van der Waals surface area contributed by atoms with Crippen molar-refractivity contribution in [1.29, 1.82) is 0 Å². The molecule has 0 atom stereocenters. The number of halogens is 1. The van der Waals surface area contributed by atoms with Gasteiger partial charge in [0, 0.05) is 27.8 Å². The lowest BCUT2D eigenvalue weighted by atomic mass is 9.94. The van der Waals surface area contributed by atoms with Crippen LogP contribution in [0.15, 0.2) is 84.9 Å². The minimum absolute atomic E-state index is 0.0982. The molecule has 0 N–H and O–H groups in total. The standard InChI is InChI=1S/C36H34FNO3S/c1-24-20-28(37)21-25(2)33(24)35(39)36-34(27-10-12-29(13-11-27)40-19-18-38-16-6-7-17-38)31-15-14-30(22-32(31)42-36)41-23-26-8-4-3-5-9-26/h3-5,8-15,20-22H,6-7,16-19,23H2,1-2H3. The fourth-order valence-electron chi connectivity index (χ4n) is 5.75. The van der Waals surface area contributed by atoms with Gasteiger partial charge >= 0.3 is 0 Å². The van der Waals surface area contributed by atoms with Gasteiger partial charge in [-0.25, -0.2) is 4.39 Å². The number of carbonyl (C=O) groups is 1. The van der Waals surface area contributed by atoms with Crippen LogP contribution in [-0.4, -0.2) is 36.9 Å². The van der Waals surface area contributed by atoms with Crippen LogP contribution in [0.25, 0.3) is 21.2 Å². The van der Waals surface area contributed by atoms with Gasteiger partial charge in [0.1, 0.15) is 30.5 Å². The molecule has 1 aliphatic rings. The molecule has 42 heavy (non-hydrogen) atoms. The van der Waals surface area contributed by atoms with Crippen molar-refractivity contribution in [3.8, 4) is 22.6 Å². The Kier molecular flexibility index (Phi) is 8.36. The summed E-state index contributed by atoms with van der Waals surface area (Å²) in [6.45, 7) is 7.93. The molecule has 1 aliphatic heterocycles. The molecule has 0 radical (unpaired) electrons. The fourth-order valence-corrected chi connectivity index (χ4v) is 6.95. The van der Waals surface area contributed by atoms with Crippen molar-refractivity contribution in [3.63, 3.8) is 0 Å². The van der Waals surface area contributed by atoms with Gasteiger partial charge in [0.15, 0.2) is 0 Å². The van der Waals surface area contributed by atoms with E-state index in [9.17, 15) is 9.18 Å². The van der Waals surface area contributed by atoms with Crippen LogP contribution in [0.3, 0.4) is 0 Å². The molecule has 214 valence electrons. The van der Waals surface area contributed by atoms with Crippen LogP contribution in [-0.2, 0) is 6.61 Å². The first-order valence-corrected chi connectivity index (χ1v) is 15.3. The Labute approximate surface area is 250 Å². The molecule has 5 aromatic rings. The van der Waals surface area contributed by atoms with Crippen LogP contribution in [0.5, 0.6) is 11.5 Å². The van der Waals surface area contributed by atoms with Crippen molar-refractivity contribution in [2.45, 2.75) is 33.3 Å². The van der Waals surface area contributed by atoms with E-state index in [0.29, 0.717) is 34.8 Å². The maximum atomic E-state index is 14.1. The highest BCUT2D eigenvalue weighted by molar-refractivity contribution is 7.21. The summed E-state index contributed by atoms with van der Waals surface area (Å²) in [7, 11) is 0. The lowest BCUT2D eigenvalue weighted by Gasteiger charge is -2.15. The highest BCUT2D eigenvalue weighted by Crippen LogP contribution is 2.42. The molecule has 0 spiro atoms. The number of aryl methyl sites for hydroxylation is 2. The summed E-state index contributed by atoms with van der Waals surface area (Å²) in [6, 6.07) is 26.9. The van der Waals surface area contributed by atoms with E-state index in [4.69, 9.17) is 9.47 Å². The largest absolute Gasteiger partial charge is 0.492 e. The Morgan fingerprint density at radius 3 is 2.26 bits per heavy atom. The van der Waals surface area contributed by atoms with Gasteiger partial charge in [-0.1, -0.05) is 42.5 Å². The summed E-state index contributed by atoms with van der Waals surface area (Å²) >= 11 is 1.45. The maximum absolute atomic E-state index is 14.1. The Morgan fingerprint density at radius 1 is 0.857 bits per heavy atom. The molecule has 0 unspecified atom stereocenters. The molecule has 0 saturated carbocycles. The third kappa shape index (κ3) is 6.10. The minimum Gasteiger partial charge on any atom is -0.492 e. The van der Waals surface area contributed by atoms with Gasteiger partial charge in [-0.05, 0) is 104 Å². The first-order chi connectivity index (χ1) is 20.5. The highest BCUT2D eigenvalue weighted by atomic mass is 32.1. The molecule has 6 rings (SSSR count). The van der Waals surface area contributed by atoms with Gasteiger partial charge in [0.05, 0.1) is 4.88 Å². The third-order valence-electron chi connectivity index (χ3n) is 7.86. The molecule has 0 amide bonds. The maximum Gasteiger partial charge on any atom is 0.204 e. The molecule has 1 fully saturated rings. The van der Waals surface area contributed by atoms with Crippen LogP contribution < -0.4 is 9.47 Å². The van der Waals surface area contributed by atoms with E-state index < -0.39 is 0 Å². The number of ketones is 1. The number of rotatable bonds is 10. The van der Waals surface area contributed by atoms with Gasteiger partial charge in [0.25, 0.3) is 0 Å². The summed E-state index contributed by atoms with van der Waals surface area (Å²) in [5.41, 5.74) is 4.72. The SMILES string of the molecule is Cc1cc(F)cc(C)c1C(=O)c1sc2cc(OCc3ccccc3)ccc2c1-c1ccc(OCCN2CCCC2)cc1. The van der Waals surface area contributed by atoms with Gasteiger partial charge in [-0.3, -0.25) is 9.69 Å². The molecule has 1 aromatic heterocycles. The number of thiophene rings is 1. The molecular weight excluding hydrogens is 545 g/mol. The molecule has 1 saturated heterocycles. The Morgan fingerprint density at radius 2 is 1.55 bits per heavy atom. The Bertz CT molecular complexity index is 1680. The summed E-state index contributed by atoms with van der Waals surface area (Å²) in [4.78, 5) is 17.2. The number of benzene rings is 4. The third-order valence-corrected chi connectivity index (χ3v) is 9.01. The van der Waals surface area contributed by atoms with Crippen molar-refractivity contribution < 1.29 is 18.7 Å². The quantitative estimate of drug-likeness (QED) is 0.155. The van der Waals surface area contributed by atoms with Crippen molar-refractivity contribution >= 4 is 27.2 Å². The van der Waals surface area contributed by atoms with Crippen molar-refractivity contribution in [2.24, 2.45) is 0 Å². The fraction of sp³-hybridized carbons (Fsp3) is 0.250. The Balaban J connectivity index is 1.33. The number of carbonyl (C=O) groups excluding carboxylic acids is 1. The Hall–Kier alpha value is -4.00. The van der Waals surface area contributed by atoms with E-state index in [0.717, 1.165) is 57.9 Å². The zero-order valence-electron chi connectivity index (χ0n) is 24.0. The smallest absolute Gasteiger partial charge is 0.204 e. The predicted octanol–water partition coefficient (Wildman–Crippen LogP) is 8.61. The summed E-state index contributed by atoms with van der Waals surface area (Å²) in [5, 5.41) is 0.982. The average Bonchev–Trinajstić information content (AvgIpc) is 3.64. The van der Waals surface area contributed by atoms with Crippen LogP contribution in [0, 0.1) is 19.7 Å². The molecule has 0 aliphatic carbocycles. The van der Waals surface area contributed by atoms with Gasteiger partial charge in [-0.2, -0.15) is 0 Å². The van der Waals surface area contributed by atoms with E-state index in [1.54, 1.807) is 13.8 Å². The number of nitrogens with zero attached hydrogens (tertiary/aromatic N) is 1. The lowest BCUT2D eigenvalue weighted by Crippen LogP contribution is -2.25. The van der Waals surface area contributed by atoms with Gasteiger partial charge in [-0.15, -0.1) is 11.3 Å². The molecule has 6 heteroatoms. The topological polar surface area (TPSA) is 38.8 Å². The van der Waals surface area contributed by atoms with Crippen LogP contribution >= 0.6 is 11.3 Å². The van der Waals surface area contributed by atoms with E-state index in [1.807, 2.05) is 72.8 Å². The summed E-state index contributed by atoms with van der Waals surface area (Å²) in [5.74, 6) is 1.12. The van der Waals surface area contributed by atoms with Crippen LogP contribution in [0.2, 0.25) is 0 Å².